The zero-order chi connectivity index (χ0) is 19.7. The van der Waals surface area contributed by atoms with E-state index in [9.17, 15) is 0 Å². The van der Waals surface area contributed by atoms with Crippen LogP contribution in [0.5, 0.6) is 5.75 Å². The number of unbranched alkanes of at least 4 members (excludes halogenated alkanes) is 1. The van der Waals surface area contributed by atoms with E-state index < -0.39 is 0 Å². The highest BCUT2D eigenvalue weighted by Gasteiger charge is 1.92. The molecule has 1 N–H and O–H groups in total. The van der Waals surface area contributed by atoms with E-state index in [2.05, 4.69) is 26.8 Å². The van der Waals surface area contributed by atoms with Gasteiger partial charge in [-0.1, -0.05) is 71.7 Å². The minimum atomic E-state index is 0.384. The summed E-state index contributed by atoms with van der Waals surface area (Å²) < 4.78 is 0. The molecule has 2 rings (SSSR count). The summed E-state index contributed by atoms with van der Waals surface area (Å²) in [5.41, 5.74) is 4.04. The van der Waals surface area contributed by atoms with E-state index in [0.29, 0.717) is 5.75 Å². The zero-order valence-electron chi connectivity index (χ0n) is 17.1. The van der Waals surface area contributed by atoms with Crippen LogP contribution in [0.1, 0.15) is 69.7 Å². The lowest BCUT2D eigenvalue weighted by Crippen LogP contribution is -1.78. The first-order valence-electron chi connectivity index (χ1n) is 9.23. The minimum absolute atomic E-state index is 0.384. The Balaban J connectivity index is 0. The molecule has 0 aliphatic heterocycles. The van der Waals surface area contributed by atoms with Crippen molar-refractivity contribution in [2.45, 2.75) is 67.7 Å². The standard InChI is InChI=1S/C9H9N.C8H10O.C4H10.C2H6/c1-2-8-3-5-9(7-10)6-4-8;1-6-3-4-7(2)8(9)5-6;1-3-4-2;1-2/h3-6H,2H2,1H3;3-5,9H,1-2H3;3-4H2,1-2H3;1-2H3. The molecule has 0 heterocycles. The highest BCUT2D eigenvalue weighted by molar-refractivity contribution is 5.34. The first kappa shape index (κ1) is 25.0. The van der Waals surface area contributed by atoms with Crippen LogP contribution < -0.4 is 0 Å². The molecule has 0 bridgehead atoms. The van der Waals surface area contributed by atoms with Crippen molar-refractivity contribution >= 4 is 0 Å². The molecule has 2 nitrogen and oxygen atoms in total. The van der Waals surface area contributed by atoms with Gasteiger partial charge in [0.25, 0.3) is 0 Å². The number of aromatic hydroxyl groups is 1. The Kier molecular flexibility index (Phi) is 16.6. The topological polar surface area (TPSA) is 44.0 Å². The van der Waals surface area contributed by atoms with Gasteiger partial charge in [0.15, 0.2) is 0 Å². The predicted octanol–water partition coefficient (Wildman–Crippen LogP) is 6.96. The largest absolute Gasteiger partial charge is 0.508 e. The van der Waals surface area contributed by atoms with Gasteiger partial charge in [0.2, 0.25) is 0 Å². The summed E-state index contributed by atoms with van der Waals surface area (Å²) in [6, 6.07) is 15.4. The van der Waals surface area contributed by atoms with Crippen molar-refractivity contribution in [1.82, 2.24) is 0 Å². The first-order chi connectivity index (χ1) is 12.0. The molecule has 0 spiro atoms. The van der Waals surface area contributed by atoms with Gasteiger partial charge in [0.1, 0.15) is 5.75 Å². The molecule has 0 saturated heterocycles. The minimum Gasteiger partial charge on any atom is -0.508 e. The predicted molar refractivity (Wildman–Crippen MR) is 110 cm³/mol. The smallest absolute Gasteiger partial charge is 0.118 e. The molecule has 0 aliphatic rings. The number of nitriles is 1. The summed E-state index contributed by atoms with van der Waals surface area (Å²) in [4.78, 5) is 0. The molecule has 0 unspecified atom stereocenters. The molecule has 0 radical (unpaired) electrons. The third-order valence-corrected chi connectivity index (χ3v) is 3.36. The highest BCUT2D eigenvalue weighted by Crippen LogP contribution is 2.15. The van der Waals surface area contributed by atoms with Crippen molar-refractivity contribution in [1.29, 1.82) is 5.26 Å². The van der Waals surface area contributed by atoms with Crippen LogP contribution >= 0.6 is 0 Å². The number of hydrogen-bond donors (Lipinski definition) is 1. The fourth-order valence-corrected chi connectivity index (χ4v) is 1.53. The number of aryl methyl sites for hydroxylation is 3. The van der Waals surface area contributed by atoms with Gasteiger partial charge < -0.3 is 5.11 Å². The van der Waals surface area contributed by atoms with Crippen LogP contribution in [0.4, 0.5) is 0 Å². The van der Waals surface area contributed by atoms with Gasteiger partial charge in [0.05, 0.1) is 11.6 Å². The second-order valence-corrected chi connectivity index (χ2v) is 5.45. The molecular formula is C23H35NO. The Morgan fingerprint density at radius 2 is 1.40 bits per heavy atom. The van der Waals surface area contributed by atoms with E-state index in [0.717, 1.165) is 23.1 Å². The molecule has 0 atom stereocenters. The SMILES string of the molecule is CC.CCCC.CCc1ccc(C#N)cc1.Cc1ccc(C)c(O)c1. The number of phenolic OH excluding ortho intramolecular Hbond substituents is 1. The monoisotopic (exact) mass is 341 g/mol. The Hall–Kier alpha value is -2.27. The second-order valence-electron chi connectivity index (χ2n) is 5.45. The summed E-state index contributed by atoms with van der Waals surface area (Å²) in [6.07, 6.45) is 3.67. The molecule has 2 aromatic rings. The van der Waals surface area contributed by atoms with E-state index in [4.69, 9.17) is 10.4 Å². The normalized spacial score (nSPS) is 8.40. The van der Waals surface area contributed by atoms with Gasteiger partial charge in [0, 0.05) is 0 Å². The van der Waals surface area contributed by atoms with Crippen LogP contribution in [0.2, 0.25) is 0 Å². The first-order valence-corrected chi connectivity index (χ1v) is 9.23. The average molecular weight is 342 g/mol. The van der Waals surface area contributed by atoms with Crippen LogP contribution in [-0.2, 0) is 6.42 Å². The second kappa shape index (κ2) is 16.6. The Labute approximate surface area is 155 Å². The lowest BCUT2D eigenvalue weighted by molar-refractivity contribution is 0.470. The number of rotatable bonds is 2. The number of hydrogen-bond acceptors (Lipinski definition) is 2. The van der Waals surface area contributed by atoms with Gasteiger partial charge in [-0.3, -0.25) is 0 Å². The summed E-state index contributed by atoms with van der Waals surface area (Å²) in [7, 11) is 0. The van der Waals surface area contributed by atoms with Gasteiger partial charge in [-0.2, -0.15) is 5.26 Å². The molecule has 0 saturated carbocycles. The number of benzene rings is 2. The Bertz CT molecular complexity index is 592. The maximum absolute atomic E-state index is 9.10. The van der Waals surface area contributed by atoms with E-state index in [1.165, 1.54) is 18.4 Å². The van der Waals surface area contributed by atoms with E-state index >= 15 is 0 Å². The lowest BCUT2D eigenvalue weighted by Gasteiger charge is -1.97. The third kappa shape index (κ3) is 12.8. The Morgan fingerprint density at radius 3 is 1.72 bits per heavy atom. The van der Waals surface area contributed by atoms with Crippen molar-refractivity contribution in [3.8, 4) is 11.8 Å². The van der Waals surface area contributed by atoms with Crippen molar-refractivity contribution in [3.05, 3.63) is 64.7 Å². The fraction of sp³-hybridized carbons (Fsp3) is 0.435. The zero-order valence-corrected chi connectivity index (χ0v) is 17.1. The van der Waals surface area contributed by atoms with Crippen LogP contribution in [0.15, 0.2) is 42.5 Å². The van der Waals surface area contributed by atoms with Crippen LogP contribution in [-0.4, -0.2) is 5.11 Å². The van der Waals surface area contributed by atoms with Crippen molar-refractivity contribution < 1.29 is 5.11 Å². The van der Waals surface area contributed by atoms with Crippen molar-refractivity contribution in [3.63, 3.8) is 0 Å². The fourth-order valence-electron chi connectivity index (χ4n) is 1.53. The third-order valence-electron chi connectivity index (χ3n) is 3.36. The number of nitrogens with zero attached hydrogens (tertiary/aromatic N) is 1. The molecular weight excluding hydrogens is 306 g/mol. The molecule has 0 aliphatic carbocycles. The molecule has 2 heteroatoms. The molecule has 0 fully saturated rings. The van der Waals surface area contributed by atoms with Gasteiger partial charge in [-0.25, -0.2) is 0 Å². The van der Waals surface area contributed by atoms with E-state index in [-0.39, 0.29) is 0 Å². The van der Waals surface area contributed by atoms with E-state index in [1.54, 1.807) is 6.07 Å². The Morgan fingerprint density at radius 1 is 0.880 bits per heavy atom. The lowest BCUT2D eigenvalue weighted by atomic mass is 10.1. The summed E-state index contributed by atoms with van der Waals surface area (Å²) in [5, 5.41) is 17.6. The van der Waals surface area contributed by atoms with Crippen LogP contribution in [0, 0.1) is 25.2 Å². The van der Waals surface area contributed by atoms with Crippen LogP contribution in [0.3, 0.4) is 0 Å². The van der Waals surface area contributed by atoms with Gasteiger partial charge in [-0.15, -0.1) is 0 Å². The maximum atomic E-state index is 9.10. The van der Waals surface area contributed by atoms with Crippen LogP contribution in [0.25, 0.3) is 0 Å². The number of phenols is 1. The molecule has 2 aromatic carbocycles. The average Bonchev–Trinajstić information content (AvgIpc) is 2.67. The molecule has 138 valence electrons. The van der Waals surface area contributed by atoms with Crippen molar-refractivity contribution in [2.24, 2.45) is 0 Å². The summed E-state index contributed by atoms with van der Waals surface area (Å²) in [6.45, 7) is 14.3. The molecule has 0 amide bonds. The van der Waals surface area contributed by atoms with Gasteiger partial charge >= 0.3 is 0 Å². The summed E-state index contributed by atoms with van der Waals surface area (Å²) in [5.74, 6) is 0.384. The summed E-state index contributed by atoms with van der Waals surface area (Å²) >= 11 is 0. The molecule has 0 aromatic heterocycles. The highest BCUT2D eigenvalue weighted by atomic mass is 16.3. The quantitative estimate of drug-likeness (QED) is 0.641. The van der Waals surface area contributed by atoms with Gasteiger partial charge in [-0.05, 0) is 55.2 Å². The van der Waals surface area contributed by atoms with E-state index in [1.807, 2.05) is 64.1 Å². The molecule has 25 heavy (non-hydrogen) atoms. The van der Waals surface area contributed by atoms with Crippen molar-refractivity contribution in [2.75, 3.05) is 0 Å². The maximum Gasteiger partial charge on any atom is 0.118 e.